The van der Waals surface area contributed by atoms with Gasteiger partial charge in [-0.2, -0.15) is 0 Å². The summed E-state index contributed by atoms with van der Waals surface area (Å²) in [5, 5.41) is 11.0. The van der Waals surface area contributed by atoms with Crippen LogP contribution in [0.15, 0.2) is 30.6 Å². The highest BCUT2D eigenvalue weighted by Gasteiger charge is 2.26. The van der Waals surface area contributed by atoms with Crippen LogP contribution in [0.1, 0.15) is 36.0 Å². The smallest absolute Gasteiger partial charge is 0.254 e. The highest BCUT2D eigenvalue weighted by atomic mass is 16.2. The zero-order valence-corrected chi connectivity index (χ0v) is 12.4. The molecule has 1 aliphatic heterocycles. The largest absolute Gasteiger partial charge is 0.336 e. The molecule has 0 aliphatic carbocycles. The average Bonchev–Trinajstić information content (AvgIpc) is 3.10. The van der Waals surface area contributed by atoms with Crippen molar-refractivity contribution in [3.63, 3.8) is 0 Å². The monoisotopic (exact) mass is 300 g/mol. The predicted molar refractivity (Wildman–Crippen MR) is 81.5 cm³/mol. The number of carbonyl (C=O) groups is 1. The number of amides is 1. The van der Waals surface area contributed by atoms with Crippen LogP contribution in [0.4, 0.5) is 0 Å². The summed E-state index contributed by atoms with van der Waals surface area (Å²) in [6.45, 7) is 1.44. The summed E-state index contributed by atoms with van der Waals surface area (Å²) in [6.07, 6.45) is 5.68. The Morgan fingerprint density at radius 2 is 2.09 bits per heavy atom. The van der Waals surface area contributed by atoms with Crippen LogP contribution < -0.4 is 5.73 Å². The maximum atomic E-state index is 12.7. The van der Waals surface area contributed by atoms with Gasteiger partial charge in [-0.05, 0) is 66.9 Å². The Morgan fingerprint density at radius 3 is 2.77 bits per heavy atom. The second-order valence-corrected chi connectivity index (χ2v) is 5.53. The molecule has 0 spiro atoms. The number of tetrazole rings is 1. The summed E-state index contributed by atoms with van der Waals surface area (Å²) in [5.41, 5.74) is 7.20. The van der Waals surface area contributed by atoms with Crippen LogP contribution in [0, 0.1) is 0 Å². The molecule has 2 heterocycles. The van der Waals surface area contributed by atoms with E-state index in [1.165, 1.54) is 12.7 Å². The highest BCUT2D eigenvalue weighted by Crippen LogP contribution is 2.22. The Hall–Kier alpha value is -2.28. The minimum Gasteiger partial charge on any atom is -0.336 e. The summed E-state index contributed by atoms with van der Waals surface area (Å²) in [5.74, 6) is 0.0846. The Labute approximate surface area is 129 Å². The van der Waals surface area contributed by atoms with E-state index in [9.17, 15) is 4.79 Å². The number of benzene rings is 1. The summed E-state index contributed by atoms with van der Waals surface area (Å²) in [4.78, 5) is 14.7. The van der Waals surface area contributed by atoms with E-state index in [1.54, 1.807) is 4.68 Å². The van der Waals surface area contributed by atoms with Gasteiger partial charge in [0.05, 0.1) is 5.69 Å². The minimum absolute atomic E-state index is 0.0846. The minimum atomic E-state index is 0.0846. The third-order valence-electron chi connectivity index (χ3n) is 4.12. The SMILES string of the molecule is NCCC1CCCCN1C(=O)c1ccc(-n2cnnn2)cc1. The number of likely N-dealkylation sites (tertiary alicyclic amines) is 1. The average molecular weight is 300 g/mol. The molecule has 2 aromatic rings. The molecule has 2 N–H and O–H groups in total. The van der Waals surface area contributed by atoms with Crippen molar-refractivity contribution in [2.24, 2.45) is 5.73 Å². The van der Waals surface area contributed by atoms with E-state index in [-0.39, 0.29) is 11.9 Å². The topological polar surface area (TPSA) is 89.9 Å². The molecule has 0 radical (unpaired) electrons. The number of nitrogens with zero attached hydrogens (tertiary/aromatic N) is 5. The zero-order chi connectivity index (χ0) is 15.4. The van der Waals surface area contributed by atoms with E-state index in [0.717, 1.165) is 31.5 Å². The predicted octanol–water partition coefficient (Wildman–Crippen LogP) is 1.01. The van der Waals surface area contributed by atoms with Crippen LogP contribution >= 0.6 is 0 Å². The van der Waals surface area contributed by atoms with Gasteiger partial charge >= 0.3 is 0 Å². The molecule has 1 aliphatic rings. The molecule has 0 bridgehead atoms. The van der Waals surface area contributed by atoms with Crippen molar-refractivity contribution in [1.82, 2.24) is 25.1 Å². The molecule has 1 unspecified atom stereocenters. The van der Waals surface area contributed by atoms with Gasteiger partial charge in [-0.25, -0.2) is 4.68 Å². The Morgan fingerprint density at radius 1 is 1.27 bits per heavy atom. The summed E-state index contributed by atoms with van der Waals surface area (Å²) < 4.78 is 1.56. The van der Waals surface area contributed by atoms with E-state index in [1.807, 2.05) is 29.2 Å². The van der Waals surface area contributed by atoms with Gasteiger partial charge in [-0.15, -0.1) is 5.10 Å². The fourth-order valence-corrected chi connectivity index (χ4v) is 2.96. The molecule has 22 heavy (non-hydrogen) atoms. The number of piperidine rings is 1. The third-order valence-corrected chi connectivity index (χ3v) is 4.12. The molecule has 3 rings (SSSR count). The van der Waals surface area contributed by atoms with E-state index in [0.29, 0.717) is 12.1 Å². The fourth-order valence-electron chi connectivity index (χ4n) is 2.96. The van der Waals surface area contributed by atoms with Gasteiger partial charge in [0.2, 0.25) is 0 Å². The molecule has 1 amide bonds. The lowest BCUT2D eigenvalue weighted by atomic mass is 9.98. The van der Waals surface area contributed by atoms with Gasteiger partial charge in [0.15, 0.2) is 0 Å². The van der Waals surface area contributed by atoms with Crippen LogP contribution in [0.2, 0.25) is 0 Å². The standard InChI is InChI=1S/C15H20N6O/c16-9-8-13-3-1-2-10-20(13)15(22)12-4-6-14(7-5-12)21-11-17-18-19-21/h4-7,11,13H,1-3,8-10,16H2. The number of carbonyl (C=O) groups excluding carboxylic acids is 1. The van der Waals surface area contributed by atoms with E-state index < -0.39 is 0 Å². The van der Waals surface area contributed by atoms with Crippen LogP contribution in [0.25, 0.3) is 5.69 Å². The first-order valence-corrected chi connectivity index (χ1v) is 7.64. The molecule has 7 nitrogen and oxygen atoms in total. The van der Waals surface area contributed by atoms with Crippen molar-refractivity contribution in [3.8, 4) is 5.69 Å². The van der Waals surface area contributed by atoms with Crippen molar-refractivity contribution in [2.75, 3.05) is 13.1 Å². The molecular formula is C15H20N6O. The second-order valence-electron chi connectivity index (χ2n) is 5.53. The molecule has 0 saturated carbocycles. The molecule has 1 saturated heterocycles. The first-order chi connectivity index (χ1) is 10.8. The number of hydrogen-bond acceptors (Lipinski definition) is 5. The fraction of sp³-hybridized carbons (Fsp3) is 0.467. The lowest BCUT2D eigenvalue weighted by molar-refractivity contribution is 0.0605. The molecule has 7 heteroatoms. The van der Waals surface area contributed by atoms with E-state index >= 15 is 0 Å². The van der Waals surface area contributed by atoms with Crippen molar-refractivity contribution in [1.29, 1.82) is 0 Å². The van der Waals surface area contributed by atoms with E-state index in [4.69, 9.17) is 5.73 Å². The highest BCUT2D eigenvalue weighted by molar-refractivity contribution is 5.94. The first kappa shape index (κ1) is 14.6. The Balaban J connectivity index is 1.76. The second kappa shape index (κ2) is 6.65. The van der Waals surface area contributed by atoms with Crippen molar-refractivity contribution >= 4 is 5.91 Å². The molecule has 116 valence electrons. The Kier molecular flexibility index (Phi) is 4.43. The maximum absolute atomic E-state index is 12.7. The summed E-state index contributed by atoms with van der Waals surface area (Å²) >= 11 is 0. The first-order valence-electron chi connectivity index (χ1n) is 7.64. The Bertz CT molecular complexity index is 607. The lowest BCUT2D eigenvalue weighted by Crippen LogP contribution is -2.44. The van der Waals surface area contributed by atoms with Crippen LogP contribution in [0.3, 0.4) is 0 Å². The number of hydrogen-bond donors (Lipinski definition) is 1. The number of rotatable bonds is 4. The number of aromatic nitrogens is 4. The van der Waals surface area contributed by atoms with Gasteiger partial charge < -0.3 is 10.6 Å². The molecule has 1 aromatic carbocycles. The summed E-state index contributed by atoms with van der Waals surface area (Å²) in [7, 11) is 0. The van der Waals surface area contributed by atoms with Gasteiger partial charge in [0.25, 0.3) is 5.91 Å². The summed E-state index contributed by atoms with van der Waals surface area (Å²) in [6, 6.07) is 7.63. The van der Waals surface area contributed by atoms with Crippen molar-refractivity contribution in [3.05, 3.63) is 36.2 Å². The molecule has 1 aromatic heterocycles. The van der Waals surface area contributed by atoms with Crippen LogP contribution in [-0.4, -0.2) is 50.1 Å². The normalized spacial score (nSPS) is 18.4. The van der Waals surface area contributed by atoms with Crippen LogP contribution in [-0.2, 0) is 0 Å². The zero-order valence-electron chi connectivity index (χ0n) is 12.4. The molecule has 1 fully saturated rings. The molecular weight excluding hydrogens is 280 g/mol. The van der Waals surface area contributed by atoms with Gasteiger partial charge in [-0.3, -0.25) is 4.79 Å². The van der Waals surface area contributed by atoms with Crippen LogP contribution in [0.5, 0.6) is 0 Å². The van der Waals surface area contributed by atoms with Gasteiger partial charge in [0, 0.05) is 18.2 Å². The van der Waals surface area contributed by atoms with Crippen molar-refractivity contribution in [2.45, 2.75) is 31.7 Å². The maximum Gasteiger partial charge on any atom is 0.254 e. The molecule has 1 atom stereocenters. The van der Waals surface area contributed by atoms with Gasteiger partial charge in [-0.1, -0.05) is 0 Å². The van der Waals surface area contributed by atoms with Crippen molar-refractivity contribution < 1.29 is 4.79 Å². The third kappa shape index (κ3) is 2.99. The van der Waals surface area contributed by atoms with E-state index in [2.05, 4.69) is 15.5 Å². The lowest BCUT2D eigenvalue weighted by Gasteiger charge is -2.35. The number of nitrogens with two attached hydrogens (primary N) is 1. The quantitative estimate of drug-likeness (QED) is 0.910. The van der Waals surface area contributed by atoms with Gasteiger partial charge in [0.1, 0.15) is 6.33 Å².